The number of benzene rings is 1. The lowest BCUT2D eigenvalue weighted by molar-refractivity contribution is 0.921. The third kappa shape index (κ3) is 2.32. The lowest BCUT2D eigenvalue weighted by atomic mass is 10.2. The molecule has 1 aliphatic rings. The zero-order chi connectivity index (χ0) is 16.8. The molecule has 0 atom stereocenters. The van der Waals surface area contributed by atoms with E-state index in [2.05, 4.69) is 44.7 Å². The number of aromatic nitrogens is 5. The largest absolute Gasteiger partial charge is 0.310 e. The van der Waals surface area contributed by atoms with E-state index in [1.54, 1.807) is 0 Å². The Kier molecular flexibility index (Phi) is 3.00. The smallest absolute Gasteiger partial charge is 0.235 e. The first-order chi connectivity index (χ1) is 12.3. The molecule has 7 heteroatoms. The number of hydrogen-bond donors (Lipinski definition) is 2. The molecule has 0 unspecified atom stereocenters. The molecule has 0 radical (unpaired) electrons. The second kappa shape index (κ2) is 5.34. The normalized spacial score (nSPS) is 13.4. The summed E-state index contributed by atoms with van der Waals surface area (Å²) in [5.41, 5.74) is 4.30. The average molecular weight is 331 g/mol. The van der Waals surface area contributed by atoms with Gasteiger partial charge in [-0.1, -0.05) is 18.2 Å². The van der Waals surface area contributed by atoms with Crippen molar-refractivity contribution in [2.45, 2.75) is 13.3 Å². The van der Waals surface area contributed by atoms with E-state index in [-0.39, 0.29) is 0 Å². The fourth-order valence-electron chi connectivity index (χ4n) is 3.28. The van der Waals surface area contributed by atoms with Crippen molar-refractivity contribution in [2.75, 3.05) is 16.8 Å². The van der Waals surface area contributed by atoms with Crippen LogP contribution in [0.5, 0.6) is 0 Å². The maximum Gasteiger partial charge on any atom is 0.235 e. The third-order valence-corrected chi connectivity index (χ3v) is 4.46. The standard InChI is InChI=1S/C18H17N7/c1-12-11-15(23-22-12)19-17-21-18(20-16-7-4-9-25(16)17)24-10-8-13-5-2-3-6-14(13)24/h2-7,9,11H,8,10H2,1H3,(H2,19,20,21,22,23). The topological polar surface area (TPSA) is 74.1 Å². The molecule has 5 rings (SSSR count). The predicted molar refractivity (Wildman–Crippen MR) is 96.7 cm³/mol. The number of nitrogens with one attached hydrogen (secondary N) is 2. The van der Waals surface area contributed by atoms with Crippen LogP contribution in [-0.4, -0.2) is 31.1 Å². The molecule has 1 aromatic carbocycles. The van der Waals surface area contributed by atoms with Crippen LogP contribution < -0.4 is 10.2 Å². The molecule has 7 nitrogen and oxygen atoms in total. The quantitative estimate of drug-likeness (QED) is 0.603. The minimum absolute atomic E-state index is 0.704. The van der Waals surface area contributed by atoms with Gasteiger partial charge in [-0.05, 0) is 37.1 Å². The summed E-state index contributed by atoms with van der Waals surface area (Å²) in [6, 6.07) is 14.3. The molecule has 0 spiro atoms. The Morgan fingerprint density at radius 1 is 1.12 bits per heavy atom. The number of para-hydroxylation sites is 1. The summed E-state index contributed by atoms with van der Waals surface area (Å²) >= 11 is 0. The van der Waals surface area contributed by atoms with E-state index in [0.717, 1.165) is 30.1 Å². The van der Waals surface area contributed by atoms with E-state index < -0.39 is 0 Å². The number of anilines is 4. The highest BCUT2D eigenvalue weighted by Crippen LogP contribution is 2.33. The van der Waals surface area contributed by atoms with Crippen LogP contribution in [0, 0.1) is 6.92 Å². The Morgan fingerprint density at radius 3 is 2.92 bits per heavy atom. The van der Waals surface area contributed by atoms with Gasteiger partial charge < -0.3 is 10.2 Å². The summed E-state index contributed by atoms with van der Waals surface area (Å²) in [6.45, 7) is 2.83. The summed E-state index contributed by atoms with van der Waals surface area (Å²) in [5.74, 6) is 2.21. The molecule has 25 heavy (non-hydrogen) atoms. The number of hydrogen-bond acceptors (Lipinski definition) is 5. The van der Waals surface area contributed by atoms with Crippen LogP contribution in [-0.2, 0) is 6.42 Å². The number of aryl methyl sites for hydroxylation is 1. The van der Waals surface area contributed by atoms with Gasteiger partial charge in [0.2, 0.25) is 11.9 Å². The molecule has 0 saturated carbocycles. The van der Waals surface area contributed by atoms with Crippen LogP contribution in [0.4, 0.5) is 23.4 Å². The van der Waals surface area contributed by atoms with Gasteiger partial charge in [0, 0.05) is 24.5 Å². The molecule has 0 fully saturated rings. The van der Waals surface area contributed by atoms with E-state index >= 15 is 0 Å². The van der Waals surface area contributed by atoms with Gasteiger partial charge in [-0.3, -0.25) is 9.50 Å². The highest BCUT2D eigenvalue weighted by atomic mass is 15.3. The van der Waals surface area contributed by atoms with Crippen molar-refractivity contribution < 1.29 is 0 Å². The van der Waals surface area contributed by atoms with Crippen LogP contribution in [0.1, 0.15) is 11.3 Å². The third-order valence-electron chi connectivity index (χ3n) is 4.46. The van der Waals surface area contributed by atoms with Crippen LogP contribution in [0.15, 0.2) is 48.7 Å². The lowest BCUT2D eigenvalue weighted by Gasteiger charge is -2.18. The van der Waals surface area contributed by atoms with E-state index in [1.807, 2.05) is 35.7 Å². The van der Waals surface area contributed by atoms with Crippen LogP contribution in [0.2, 0.25) is 0 Å². The number of H-pyrrole nitrogens is 1. The Bertz CT molecular complexity index is 1060. The van der Waals surface area contributed by atoms with E-state index in [0.29, 0.717) is 11.9 Å². The number of rotatable bonds is 3. The first-order valence-electron chi connectivity index (χ1n) is 8.27. The van der Waals surface area contributed by atoms with Gasteiger partial charge in [0.25, 0.3) is 0 Å². The Morgan fingerprint density at radius 2 is 2.04 bits per heavy atom. The van der Waals surface area contributed by atoms with Crippen LogP contribution in [0.3, 0.4) is 0 Å². The molecule has 0 bridgehead atoms. The molecule has 124 valence electrons. The van der Waals surface area contributed by atoms with Crippen molar-refractivity contribution in [3.8, 4) is 0 Å². The maximum atomic E-state index is 4.78. The van der Waals surface area contributed by atoms with E-state index in [1.165, 1.54) is 11.3 Å². The van der Waals surface area contributed by atoms with Gasteiger partial charge in [0.05, 0.1) is 5.69 Å². The van der Waals surface area contributed by atoms with Crippen molar-refractivity contribution in [3.63, 3.8) is 0 Å². The minimum Gasteiger partial charge on any atom is -0.310 e. The van der Waals surface area contributed by atoms with Gasteiger partial charge in [-0.15, -0.1) is 0 Å². The van der Waals surface area contributed by atoms with E-state index in [9.17, 15) is 0 Å². The number of fused-ring (bicyclic) bond motifs is 2. The number of nitrogens with zero attached hydrogens (tertiary/aromatic N) is 5. The molecule has 4 heterocycles. The summed E-state index contributed by atoms with van der Waals surface area (Å²) in [5, 5.41) is 10.4. The Labute approximate surface area is 144 Å². The fourth-order valence-corrected chi connectivity index (χ4v) is 3.28. The highest BCUT2D eigenvalue weighted by Gasteiger charge is 2.23. The SMILES string of the molecule is Cc1cc(Nc2nc(N3CCc4ccccc43)nc3cccn23)[nH]n1. The Balaban J connectivity index is 1.60. The summed E-state index contributed by atoms with van der Waals surface area (Å²) in [7, 11) is 0. The van der Waals surface area contributed by atoms with Crippen molar-refractivity contribution in [1.29, 1.82) is 0 Å². The first kappa shape index (κ1) is 14.0. The predicted octanol–water partition coefficient (Wildman–Crippen LogP) is 3.20. The molecular weight excluding hydrogens is 314 g/mol. The molecule has 3 aromatic heterocycles. The van der Waals surface area contributed by atoms with Crippen LogP contribution in [0.25, 0.3) is 5.65 Å². The zero-order valence-electron chi connectivity index (χ0n) is 13.8. The molecule has 0 aliphatic carbocycles. The van der Waals surface area contributed by atoms with Crippen molar-refractivity contribution >= 4 is 29.0 Å². The van der Waals surface area contributed by atoms with Crippen molar-refractivity contribution in [1.82, 2.24) is 24.6 Å². The van der Waals surface area contributed by atoms with E-state index in [4.69, 9.17) is 9.97 Å². The number of aromatic amines is 1. The minimum atomic E-state index is 0.704. The summed E-state index contributed by atoms with van der Waals surface area (Å²) < 4.78 is 1.93. The molecular formula is C18H17N7. The first-order valence-corrected chi connectivity index (χ1v) is 8.27. The zero-order valence-corrected chi connectivity index (χ0v) is 13.8. The van der Waals surface area contributed by atoms with Gasteiger partial charge in [0.1, 0.15) is 11.5 Å². The average Bonchev–Trinajstić information content (AvgIpc) is 3.33. The second-order valence-corrected chi connectivity index (χ2v) is 6.16. The maximum absolute atomic E-state index is 4.78. The summed E-state index contributed by atoms with van der Waals surface area (Å²) in [6.07, 6.45) is 2.96. The van der Waals surface area contributed by atoms with Crippen molar-refractivity contribution in [3.05, 3.63) is 59.9 Å². The highest BCUT2D eigenvalue weighted by molar-refractivity contribution is 5.68. The van der Waals surface area contributed by atoms with Gasteiger partial charge in [-0.2, -0.15) is 15.1 Å². The van der Waals surface area contributed by atoms with Crippen LogP contribution >= 0.6 is 0 Å². The Hall–Kier alpha value is -3.35. The molecule has 0 saturated heterocycles. The molecule has 4 aromatic rings. The van der Waals surface area contributed by atoms with Crippen molar-refractivity contribution in [2.24, 2.45) is 0 Å². The molecule has 2 N–H and O–H groups in total. The summed E-state index contributed by atoms with van der Waals surface area (Å²) in [4.78, 5) is 11.7. The monoisotopic (exact) mass is 331 g/mol. The van der Waals surface area contributed by atoms with Gasteiger partial charge in [-0.25, -0.2) is 0 Å². The van der Waals surface area contributed by atoms with Gasteiger partial charge in [0.15, 0.2) is 0 Å². The lowest BCUT2D eigenvalue weighted by Crippen LogP contribution is -2.18. The molecule has 1 aliphatic heterocycles. The molecule has 0 amide bonds. The second-order valence-electron chi connectivity index (χ2n) is 6.16. The van der Waals surface area contributed by atoms with Gasteiger partial charge >= 0.3 is 0 Å². The fraction of sp³-hybridized carbons (Fsp3) is 0.167.